The molecule has 18 heavy (non-hydrogen) atoms. The van der Waals surface area contributed by atoms with E-state index in [2.05, 4.69) is 0 Å². The zero-order chi connectivity index (χ0) is 14.7. The summed E-state index contributed by atoms with van der Waals surface area (Å²) in [6, 6.07) is 0.0182. The smallest absolute Gasteiger partial charge is 0.490 e. The van der Waals surface area contributed by atoms with Gasteiger partial charge in [0.15, 0.2) is 17.4 Å². The summed E-state index contributed by atoms with van der Waals surface area (Å²) in [7, 11) is 0. The molecule has 1 aromatic rings. The maximum Gasteiger partial charge on any atom is 0.490 e. The van der Waals surface area contributed by atoms with E-state index in [1.165, 1.54) is 0 Å². The first-order valence-corrected chi connectivity index (χ1v) is 3.80. The van der Waals surface area contributed by atoms with Crippen molar-refractivity contribution in [1.29, 1.82) is 0 Å². The molecule has 0 saturated carbocycles. The van der Waals surface area contributed by atoms with Crippen molar-refractivity contribution >= 4 is 5.97 Å². The first-order chi connectivity index (χ1) is 7.98. The summed E-state index contributed by atoms with van der Waals surface area (Å²) in [5.41, 5.74) is 0. The molecule has 1 rings (SSSR count). The summed E-state index contributed by atoms with van der Waals surface area (Å²) in [6.45, 7) is 0. The molecule has 0 aliphatic rings. The zero-order valence-corrected chi connectivity index (χ0v) is 8.03. The minimum Gasteiger partial charge on any atom is -0.503 e. The number of halogens is 7. The molecule has 0 fully saturated rings. The van der Waals surface area contributed by atoms with E-state index in [1.54, 1.807) is 0 Å². The molecule has 0 aliphatic heterocycles. The van der Waals surface area contributed by atoms with Gasteiger partial charge in [0.2, 0.25) is 11.6 Å². The summed E-state index contributed by atoms with van der Waals surface area (Å²) in [5.74, 6) is -11.2. The van der Waals surface area contributed by atoms with Crippen molar-refractivity contribution in [3.63, 3.8) is 0 Å². The Hall–Kier alpha value is -2.00. The van der Waals surface area contributed by atoms with Crippen LogP contribution in [0.25, 0.3) is 0 Å². The third-order valence-corrected chi connectivity index (χ3v) is 1.33. The summed E-state index contributed by atoms with van der Waals surface area (Å²) in [5, 5.41) is 15.5. The van der Waals surface area contributed by atoms with Crippen molar-refractivity contribution in [3.8, 4) is 5.75 Å². The van der Waals surface area contributed by atoms with Gasteiger partial charge in [-0.1, -0.05) is 0 Å². The summed E-state index contributed by atoms with van der Waals surface area (Å²) < 4.78 is 80.2. The molecule has 0 aromatic heterocycles. The number of carbonyl (C=O) groups is 1. The molecule has 3 nitrogen and oxygen atoms in total. The number of carboxylic acids is 1. The molecule has 0 amide bonds. The number of benzene rings is 1. The van der Waals surface area contributed by atoms with Crippen LogP contribution in [0.15, 0.2) is 6.07 Å². The Morgan fingerprint density at radius 2 is 1.28 bits per heavy atom. The number of rotatable bonds is 0. The monoisotopic (exact) mass is 280 g/mol. The molecule has 0 spiro atoms. The lowest BCUT2D eigenvalue weighted by molar-refractivity contribution is -0.192. The van der Waals surface area contributed by atoms with Gasteiger partial charge in [-0.25, -0.2) is 13.6 Å². The predicted octanol–water partition coefficient (Wildman–Crippen LogP) is 2.58. The number of carboxylic acid groups (broad SMARTS) is 1. The minimum atomic E-state index is -5.08. The second-order valence-corrected chi connectivity index (χ2v) is 2.62. The van der Waals surface area contributed by atoms with Gasteiger partial charge < -0.3 is 10.2 Å². The van der Waals surface area contributed by atoms with Gasteiger partial charge in [-0.2, -0.15) is 22.0 Å². The molecule has 0 saturated heterocycles. The van der Waals surface area contributed by atoms with Gasteiger partial charge in [-0.3, -0.25) is 0 Å². The average Bonchev–Trinajstić information content (AvgIpc) is 2.23. The molecular formula is C8H3F7O3. The highest BCUT2D eigenvalue weighted by atomic mass is 19.4. The fraction of sp³-hybridized carbons (Fsp3) is 0.125. The van der Waals surface area contributed by atoms with E-state index >= 15 is 0 Å². The van der Waals surface area contributed by atoms with E-state index in [0.29, 0.717) is 0 Å². The summed E-state index contributed by atoms with van der Waals surface area (Å²) in [6.07, 6.45) is -5.08. The number of alkyl halides is 3. The first-order valence-electron chi connectivity index (χ1n) is 3.80. The van der Waals surface area contributed by atoms with Gasteiger partial charge in [0.25, 0.3) is 0 Å². The fourth-order valence-corrected chi connectivity index (χ4v) is 0.561. The van der Waals surface area contributed by atoms with Crippen LogP contribution in [0.1, 0.15) is 0 Å². The Balaban J connectivity index is 0.000000360. The molecule has 1 aromatic carbocycles. The van der Waals surface area contributed by atoms with Crippen LogP contribution in [0.3, 0.4) is 0 Å². The number of hydrogen-bond acceptors (Lipinski definition) is 2. The molecule has 0 atom stereocenters. The number of aromatic hydroxyl groups is 1. The molecule has 0 heterocycles. The maximum absolute atomic E-state index is 12.1. The minimum absolute atomic E-state index is 0.0182. The van der Waals surface area contributed by atoms with Crippen LogP contribution in [0.2, 0.25) is 0 Å². The molecule has 0 unspecified atom stereocenters. The van der Waals surface area contributed by atoms with Gasteiger partial charge >= 0.3 is 12.1 Å². The van der Waals surface area contributed by atoms with E-state index in [9.17, 15) is 30.7 Å². The van der Waals surface area contributed by atoms with E-state index < -0.39 is 41.2 Å². The highest BCUT2D eigenvalue weighted by molar-refractivity contribution is 5.73. The number of phenols is 1. The van der Waals surface area contributed by atoms with E-state index in [4.69, 9.17) is 15.0 Å². The standard InChI is InChI=1S/C6H2F4O.C2HF3O2/c7-2-1-3(8)5(10)6(11)4(2)9;3-2(4,5)1(6)7/h1,11H;(H,6,7). The van der Waals surface area contributed by atoms with Crippen LogP contribution < -0.4 is 0 Å². The van der Waals surface area contributed by atoms with Gasteiger partial charge in [0.1, 0.15) is 0 Å². The normalized spacial score (nSPS) is 10.6. The summed E-state index contributed by atoms with van der Waals surface area (Å²) in [4.78, 5) is 8.90. The fourth-order valence-electron chi connectivity index (χ4n) is 0.561. The van der Waals surface area contributed by atoms with Crippen molar-refractivity contribution in [2.45, 2.75) is 6.18 Å². The topological polar surface area (TPSA) is 57.5 Å². The van der Waals surface area contributed by atoms with Gasteiger partial charge in [0, 0.05) is 6.07 Å². The van der Waals surface area contributed by atoms with Crippen molar-refractivity contribution in [1.82, 2.24) is 0 Å². The SMILES string of the molecule is O=C(O)C(F)(F)F.Oc1c(F)c(F)cc(F)c1F. The van der Waals surface area contributed by atoms with E-state index in [0.717, 1.165) is 0 Å². The van der Waals surface area contributed by atoms with Crippen molar-refractivity contribution in [2.75, 3.05) is 0 Å². The molecule has 10 heteroatoms. The molecule has 2 N–H and O–H groups in total. The van der Waals surface area contributed by atoms with E-state index in [-0.39, 0.29) is 6.07 Å². The Morgan fingerprint density at radius 1 is 1.00 bits per heavy atom. The third kappa shape index (κ3) is 4.11. The Bertz CT molecular complexity index is 429. The van der Waals surface area contributed by atoms with Crippen LogP contribution in [-0.4, -0.2) is 22.4 Å². The highest BCUT2D eigenvalue weighted by Crippen LogP contribution is 2.24. The van der Waals surface area contributed by atoms with Crippen LogP contribution >= 0.6 is 0 Å². The second kappa shape index (κ2) is 5.56. The van der Waals surface area contributed by atoms with E-state index in [1.807, 2.05) is 0 Å². The van der Waals surface area contributed by atoms with Crippen LogP contribution in [0.4, 0.5) is 30.7 Å². The quantitative estimate of drug-likeness (QED) is 0.567. The third-order valence-electron chi connectivity index (χ3n) is 1.33. The Labute approximate surface area is 94.1 Å². The number of hydrogen-bond donors (Lipinski definition) is 2. The maximum atomic E-state index is 12.1. The zero-order valence-electron chi connectivity index (χ0n) is 8.03. The van der Waals surface area contributed by atoms with Crippen LogP contribution in [-0.2, 0) is 4.79 Å². The molecule has 0 aliphatic carbocycles. The molecule has 0 radical (unpaired) electrons. The number of phenolic OH excluding ortho intramolecular Hbond substituents is 1. The van der Waals surface area contributed by atoms with Gasteiger partial charge in [0.05, 0.1) is 0 Å². The average molecular weight is 280 g/mol. The molecule has 102 valence electrons. The van der Waals surface area contributed by atoms with Crippen molar-refractivity contribution < 1.29 is 45.7 Å². The Morgan fingerprint density at radius 3 is 1.50 bits per heavy atom. The van der Waals surface area contributed by atoms with Gasteiger partial charge in [-0.05, 0) is 0 Å². The summed E-state index contributed by atoms with van der Waals surface area (Å²) >= 11 is 0. The first kappa shape index (κ1) is 16.0. The van der Waals surface area contributed by atoms with Crippen molar-refractivity contribution in [3.05, 3.63) is 29.3 Å². The highest BCUT2D eigenvalue weighted by Gasteiger charge is 2.38. The largest absolute Gasteiger partial charge is 0.503 e. The Kier molecular flexibility index (Phi) is 4.94. The molecular weight excluding hydrogens is 277 g/mol. The predicted molar refractivity (Wildman–Crippen MR) is 41.6 cm³/mol. The molecule has 0 bridgehead atoms. The van der Waals surface area contributed by atoms with Crippen LogP contribution in [0.5, 0.6) is 5.75 Å². The lowest BCUT2D eigenvalue weighted by Crippen LogP contribution is -2.21. The van der Waals surface area contributed by atoms with Crippen molar-refractivity contribution in [2.24, 2.45) is 0 Å². The van der Waals surface area contributed by atoms with Gasteiger partial charge in [-0.15, -0.1) is 0 Å². The second-order valence-electron chi connectivity index (χ2n) is 2.62. The number of aliphatic carboxylic acids is 1. The van der Waals surface area contributed by atoms with Crippen LogP contribution in [0, 0.1) is 23.3 Å². The lowest BCUT2D eigenvalue weighted by Gasteiger charge is -1.98. The lowest BCUT2D eigenvalue weighted by atomic mass is 10.3.